The molecule has 0 aromatic heterocycles. The van der Waals surface area contributed by atoms with Crippen molar-refractivity contribution in [2.45, 2.75) is 122 Å². The SMILES string of the molecule is CCCCCCCCCCCCCCCCCCOCC(CN(Cc1ccccc1)C(N)=O)OP(=O)(O)OCC[N+](C)(C)C. The number of rotatable bonds is 29. The van der Waals surface area contributed by atoms with Crippen molar-refractivity contribution in [3.63, 3.8) is 0 Å². The van der Waals surface area contributed by atoms with Crippen LogP contribution in [0.25, 0.3) is 0 Å². The zero-order valence-corrected chi connectivity index (χ0v) is 29.3. The first-order chi connectivity index (χ1) is 21.0. The minimum absolute atomic E-state index is 0.00638. The third kappa shape index (κ3) is 23.8. The fourth-order valence-corrected chi connectivity index (χ4v) is 5.89. The number of phosphoric acid groups is 1. The van der Waals surface area contributed by atoms with Crippen LogP contribution in [0, 0.1) is 0 Å². The van der Waals surface area contributed by atoms with E-state index in [2.05, 4.69) is 6.92 Å². The third-order valence-corrected chi connectivity index (χ3v) is 8.77. The molecule has 44 heavy (non-hydrogen) atoms. The van der Waals surface area contributed by atoms with Gasteiger partial charge in [-0.15, -0.1) is 0 Å². The molecule has 0 bridgehead atoms. The quantitative estimate of drug-likeness (QED) is 0.0520. The number of amides is 2. The van der Waals surface area contributed by atoms with Gasteiger partial charge in [-0.05, 0) is 12.0 Å². The lowest BCUT2D eigenvalue weighted by molar-refractivity contribution is -0.870. The second-order valence-corrected chi connectivity index (χ2v) is 14.5. The van der Waals surface area contributed by atoms with Gasteiger partial charge in [0.2, 0.25) is 0 Å². The van der Waals surface area contributed by atoms with Crippen molar-refractivity contribution in [1.29, 1.82) is 0 Å². The molecule has 256 valence electrons. The van der Waals surface area contributed by atoms with E-state index in [1.165, 1.54) is 94.8 Å². The van der Waals surface area contributed by atoms with Gasteiger partial charge in [0.25, 0.3) is 0 Å². The number of carbonyl (C=O) groups is 1. The van der Waals surface area contributed by atoms with Crippen molar-refractivity contribution in [2.75, 3.05) is 54.1 Å². The van der Waals surface area contributed by atoms with Crippen LogP contribution < -0.4 is 5.73 Å². The molecule has 0 aliphatic carbocycles. The molecule has 2 amide bonds. The minimum atomic E-state index is -4.37. The first kappa shape index (κ1) is 40.5. The van der Waals surface area contributed by atoms with Gasteiger partial charge in [0.15, 0.2) is 0 Å². The molecule has 0 radical (unpaired) electrons. The number of unbranched alkanes of at least 4 members (excludes halogenated alkanes) is 15. The van der Waals surface area contributed by atoms with Crippen molar-refractivity contribution in [3.05, 3.63) is 35.9 Å². The molecular formula is C34H65N3O6P+. The minimum Gasteiger partial charge on any atom is -0.379 e. The molecule has 0 spiro atoms. The Kier molecular flexibility index (Phi) is 22.8. The number of phosphoric ester groups is 1. The molecule has 2 atom stereocenters. The number of quaternary nitrogens is 1. The molecule has 1 aromatic carbocycles. The average Bonchev–Trinajstić information content (AvgIpc) is 2.95. The van der Waals surface area contributed by atoms with Gasteiger partial charge in [-0.1, -0.05) is 134 Å². The summed E-state index contributed by atoms with van der Waals surface area (Å²) in [4.78, 5) is 24.0. The van der Waals surface area contributed by atoms with Crippen molar-refractivity contribution < 1.29 is 32.5 Å². The normalized spacial score (nSPS) is 13.9. The summed E-state index contributed by atoms with van der Waals surface area (Å²) in [6, 6.07) is 8.81. The lowest BCUT2D eigenvalue weighted by atomic mass is 10.0. The lowest BCUT2D eigenvalue weighted by Gasteiger charge is -2.28. The van der Waals surface area contributed by atoms with Gasteiger partial charge in [0.1, 0.15) is 19.3 Å². The van der Waals surface area contributed by atoms with Crippen LogP contribution in [0.5, 0.6) is 0 Å². The summed E-state index contributed by atoms with van der Waals surface area (Å²) in [6.45, 7) is 3.71. The number of carbonyl (C=O) groups excluding carboxylic acids is 1. The third-order valence-electron chi connectivity index (χ3n) is 7.70. The summed E-state index contributed by atoms with van der Waals surface area (Å²) < 4.78 is 29.9. The number of nitrogens with zero attached hydrogens (tertiary/aromatic N) is 2. The molecular weight excluding hydrogens is 577 g/mol. The number of likely N-dealkylation sites (N-methyl/N-ethyl adjacent to an activating group) is 1. The molecule has 3 N–H and O–H groups in total. The number of nitrogens with two attached hydrogens (primary N) is 1. The van der Waals surface area contributed by atoms with E-state index in [4.69, 9.17) is 19.5 Å². The Labute approximate surface area is 269 Å². The van der Waals surface area contributed by atoms with Gasteiger partial charge >= 0.3 is 13.9 Å². The topological polar surface area (TPSA) is 111 Å². The smallest absolute Gasteiger partial charge is 0.379 e. The van der Waals surface area contributed by atoms with E-state index in [0.29, 0.717) is 17.6 Å². The molecule has 0 saturated heterocycles. The van der Waals surface area contributed by atoms with Crippen molar-refractivity contribution >= 4 is 13.9 Å². The molecule has 0 aliphatic heterocycles. The van der Waals surface area contributed by atoms with Crippen LogP contribution in [0.2, 0.25) is 0 Å². The van der Waals surface area contributed by atoms with Crippen LogP contribution in [0.15, 0.2) is 30.3 Å². The molecule has 0 aliphatic rings. The average molecular weight is 643 g/mol. The summed E-state index contributed by atoms with van der Waals surface area (Å²) >= 11 is 0. The molecule has 1 rings (SSSR count). The lowest BCUT2D eigenvalue weighted by Crippen LogP contribution is -2.42. The molecule has 2 unspecified atom stereocenters. The van der Waals surface area contributed by atoms with Gasteiger partial charge in [0.05, 0.1) is 34.3 Å². The van der Waals surface area contributed by atoms with Crippen LogP contribution in [0.1, 0.15) is 115 Å². The van der Waals surface area contributed by atoms with E-state index in [9.17, 15) is 14.3 Å². The predicted octanol–water partition coefficient (Wildman–Crippen LogP) is 8.05. The maximum Gasteiger partial charge on any atom is 0.472 e. The number of ether oxygens (including phenoxy) is 1. The van der Waals surface area contributed by atoms with Crippen LogP contribution in [0.4, 0.5) is 4.79 Å². The zero-order chi connectivity index (χ0) is 32.5. The fourth-order valence-electron chi connectivity index (χ4n) is 5.01. The first-order valence-electron chi connectivity index (χ1n) is 17.1. The van der Waals surface area contributed by atoms with Gasteiger partial charge in [-0.25, -0.2) is 9.36 Å². The molecule has 0 saturated carbocycles. The summed E-state index contributed by atoms with van der Waals surface area (Å²) in [6.07, 6.45) is 20.0. The second kappa shape index (κ2) is 24.7. The van der Waals surface area contributed by atoms with Crippen molar-refractivity contribution in [3.8, 4) is 0 Å². The van der Waals surface area contributed by atoms with Crippen LogP contribution in [-0.2, 0) is 24.9 Å². The van der Waals surface area contributed by atoms with E-state index < -0.39 is 20.0 Å². The second-order valence-electron chi connectivity index (χ2n) is 13.1. The van der Waals surface area contributed by atoms with Crippen LogP contribution in [-0.4, -0.2) is 80.5 Å². The number of hydrogen-bond acceptors (Lipinski definition) is 5. The largest absolute Gasteiger partial charge is 0.472 e. The zero-order valence-electron chi connectivity index (χ0n) is 28.4. The highest BCUT2D eigenvalue weighted by atomic mass is 31.2. The number of benzene rings is 1. The summed E-state index contributed by atoms with van der Waals surface area (Å²) in [5.41, 5.74) is 6.54. The Balaban J connectivity index is 2.34. The highest BCUT2D eigenvalue weighted by molar-refractivity contribution is 7.47. The van der Waals surface area contributed by atoms with E-state index in [-0.39, 0.29) is 26.3 Å². The maximum absolute atomic E-state index is 12.7. The highest BCUT2D eigenvalue weighted by Gasteiger charge is 2.30. The molecule has 9 nitrogen and oxygen atoms in total. The summed E-state index contributed by atoms with van der Waals surface area (Å²) in [5, 5.41) is 0. The Morgan fingerprint density at radius 1 is 0.841 bits per heavy atom. The van der Waals surface area contributed by atoms with Gasteiger partial charge in [-0.2, -0.15) is 0 Å². The number of urea groups is 1. The maximum atomic E-state index is 12.7. The van der Waals surface area contributed by atoms with Crippen LogP contribution in [0.3, 0.4) is 0 Å². The van der Waals surface area contributed by atoms with Gasteiger partial charge in [0, 0.05) is 13.2 Å². The van der Waals surface area contributed by atoms with E-state index in [1.54, 1.807) is 0 Å². The standard InChI is InChI=1S/C34H64N3O6P/c1-5-6-7-8-9-10-11-12-13-14-15-16-17-18-19-23-27-41-31-33(43-44(39,40)42-28-26-37(2,3)4)30-36(34(35)38)29-32-24-21-20-22-25-32/h20-22,24-25,33H,5-19,23,26-31H2,1-4H3,(H2-,35,38,39,40)/p+1. The Morgan fingerprint density at radius 2 is 1.34 bits per heavy atom. The van der Waals surface area contributed by atoms with E-state index in [1.807, 2.05) is 51.5 Å². The molecule has 1 aromatic rings. The first-order valence-corrected chi connectivity index (χ1v) is 18.6. The summed E-state index contributed by atoms with van der Waals surface area (Å²) in [7, 11) is 1.54. The number of primary amides is 1. The monoisotopic (exact) mass is 642 g/mol. The Bertz CT molecular complexity index is 884. The molecule has 0 fully saturated rings. The fraction of sp³-hybridized carbons (Fsp3) is 0.794. The summed E-state index contributed by atoms with van der Waals surface area (Å²) in [5.74, 6) is 0. The van der Waals surface area contributed by atoms with Gasteiger partial charge in [-0.3, -0.25) is 9.05 Å². The highest BCUT2D eigenvalue weighted by Crippen LogP contribution is 2.44. The molecule has 0 heterocycles. The predicted molar refractivity (Wildman–Crippen MR) is 180 cm³/mol. The van der Waals surface area contributed by atoms with Gasteiger partial charge < -0.3 is 24.7 Å². The van der Waals surface area contributed by atoms with Crippen molar-refractivity contribution in [2.24, 2.45) is 5.73 Å². The Hall–Kier alpha value is -1.48. The molecule has 10 heteroatoms. The van der Waals surface area contributed by atoms with Crippen LogP contribution >= 0.6 is 7.82 Å². The van der Waals surface area contributed by atoms with E-state index >= 15 is 0 Å². The Morgan fingerprint density at radius 3 is 1.82 bits per heavy atom. The number of hydrogen-bond donors (Lipinski definition) is 2. The van der Waals surface area contributed by atoms with Crippen molar-refractivity contribution in [1.82, 2.24) is 4.90 Å². The van der Waals surface area contributed by atoms with E-state index in [0.717, 1.165) is 18.4 Å².